The maximum absolute atomic E-state index is 11.6. The Morgan fingerprint density at radius 1 is 1.24 bits per heavy atom. The second kappa shape index (κ2) is 11.3. The Hall–Kier alpha value is -1.34. The van der Waals surface area contributed by atoms with Crippen LogP contribution in [0.3, 0.4) is 0 Å². The van der Waals surface area contributed by atoms with E-state index in [-0.39, 0.29) is 12.2 Å². The number of hydrogen-bond donors (Lipinski definition) is 2. The molecular weight excluding hydrogens is 322 g/mol. The van der Waals surface area contributed by atoms with Gasteiger partial charge in [0.1, 0.15) is 5.60 Å². The first-order valence-corrected chi connectivity index (χ1v) is 9.32. The monoisotopic (exact) mass is 357 g/mol. The van der Waals surface area contributed by atoms with E-state index >= 15 is 0 Å². The lowest BCUT2D eigenvalue weighted by Gasteiger charge is -2.25. The third kappa shape index (κ3) is 11.0. The first-order chi connectivity index (χ1) is 11.8. The van der Waals surface area contributed by atoms with Crippen LogP contribution in [0.25, 0.3) is 0 Å². The second-order valence-electron chi connectivity index (χ2n) is 7.65. The van der Waals surface area contributed by atoms with Crippen LogP contribution in [-0.2, 0) is 14.3 Å². The molecule has 2 unspecified atom stereocenters. The van der Waals surface area contributed by atoms with Gasteiger partial charge in [-0.15, -0.1) is 0 Å². The van der Waals surface area contributed by atoms with E-state index in [9.17, 15) is 9.59 Å². The van der Waals surface area contributed by atoms with Gasteiger partial charge in [0.15, 0.2) is 0 Å². The van der Waals surface area contributed by atoms with Gasteiger partial charge in [-0.05, 0) is 59.9 Å². The Labute approximate surface area is 151 Å². The fourth-order valence-corrected chi connectivity index (χ4v) is 2.85. The van der Waals surface area contributed by atoms with Gasteiger partial charge >= 0.3 is 6.09 Å². The first-order valence-electron chi connectivity index (χ1n) is 9.32. The number of rotatable bonds is 11. The third-order valence-electron chi connectivity index (χ3n) is 4.01. The summed E-state index contributed by atoms with van der Waals surface area (Å²) in [6, 6.07) is 0. The number of alkyl carbamates (subject to hydrolysis) is 1. The molecule has 0 radical (unpaired) electrons. The van der Waals surface area contributed by atoms with Crippen molar-refractivity contribution in [3.8, 4) is 0 Å². The van der Waals surface area contributed by atoms with E-state index < -0.39 is 5.60 Å². The zero-order valence-corrected chi connectivity index (χ0v) is 16.2. The van der Waals surface area contributed by atoms with E-state index in [0.29, 0.717) is 19.2 Å². The number of unbranched alkanes of at least 4 members (excludes halogenated alkanes) is 1. The maximum atomic E-state index is 11.6. The van der Waals surface area contributed by atoms with Crippen LogP contribution < -0.4 is 10.6 Å². The lowest BCUT2D eigenvalue weighted by atomic mass is 10.2. The summed E-state index contributed by atoms with van der Waals surface area (Å²) in [6.07, 6.45) is 5.07. The molecule has 1 rings (SSSR count). The van der Waals surface area contributed by atoms with Crippen LogP contribution in [0.15, 0.2) is 0 Å². The number of hydrogen-bond acceptors (Lipinski definition) is 5. The van der Waals surface area contributed by atoms with Crippen LogP contribution in [-0.4, -0.2) is 67.9 Å². The molecule has 0 aromatic carbocycles. The fraction of sp³-hybridized carbons (Fsp3) is 0.889. The fourth-order valence-electron chi connectivity index (χ4n) is 2.85. The van der Waals surface area contributed by atoms with Gasteiger partial charge in [-0.1, -0.05) is 0 Å². The molecule has 146 valence electrons. The zero-order valence-electron chi connectivity index (χ0n) is 16.2. The lowest BCUT2D eigenvalue weighted by Crippen LogP contribution is -2.38. The summed E-state index contributed by atoms with van der Waals surface area (Å²) < 4.78 is 11.1. The lowest BCUT2D eigenvalue weighted by molar-refractivity contribution is -0.109. The van der Waals surface area contributed by atoms with Gasteiger partial charge < -0.3 is 20.1 Å². The molecule has 0 bridgehead atoms. The molecule has 1 fully saturated rings. The van der Waals surface area contributed by atoms with Crippen molar-refractivity contribution < 1.29 is 19.1 Å². The minimum atomic E-state index is -0.467. The molecule has 1 heterocycles. The van der Waals surface area contributed by atoms with Crippen molar-refractivity contribution in [2.45, 2.75) is 71.2 Å². The van der Waals surface area contributed by atoms with Gasteiger partial charge in [0.25, 0.3) is 0 Å². The van der Waals surface area contributed by atoms with E-state index in [1.165, 1.54) is 0 Å². The standard InChI is InChI=1S/C18H35N3O4/c1-15-7-8-16(24-15)13-21(12-10-19-14-22)11-6-5-9-20-17(23)25-18(2,3)4/h14-16H,5-13H2,1-4H3,(H,19,22)(H,20,23). The molecule has 1 aliphatic rings. The Morgan fingerprint density at radius 2 is 2.00 bits per heavy atom. The Bertz CT molecular complexity index is 398. The molecule has 7 nitrogen and oxygen atoms in total. The van der Waals surface area contributed by atoms with Gasteiger partial charge in [-0.25, -0.2) is 4.79 Å². The topological polar surface area (TPSA) is 79.9 Å². The van der Waals surface area contributed by atoms with Crippen molar-refractivity contribution >= 4 is 12.5 Å². The molecular formula is C18H35N3O4. The van der Waals surface area contributed by atoms with Crippen molar-refractivity contribution in [1.29, 1.82) is 0 Å². The number of carbonyl (C=O) groups is 2. The minimum absolute atomic E-state index is 0.283. The summed E-state index contributed by atoms with van der Waals surface area (Å²) >= 11 is 0. The van der Waals surface area contributed by atoms with Crippen molar-refractivity contribution in [3.63, 3.8) is 0 Å². The second-order valence-corrected chi connectivity index (χ2v) is 7.65. The van der Waals surface area contributed by atoms with Crippen LogP contribution in [0.5, 0.6) is 0 Å². The van der Waals surface area contributed by atoms with Crippen molar-refractivity contribution in [2.24, 2.45) is 0 Å². The number of carbonyl (C=O) groups excluding carboxylic acids is 2. The third-order valence-corrected chi connectivity index (χ3v) is 4.01. The number of nitrogens with zero attached hydrogens (tertiary/aromatic N) is 1. The van der Waals surface area contributed by atoms with Crippen molar-refractivity contribution in [2.75, 3.05) is 32.7 Å². The molecule has 0 aliphatic carbocycles. The quantitative estimate of drug-likeness (QED) is 0.436. The molecule has 2 atom stereocenters. The SMILES string of the molecule is CC1CCC(CN(CCCCNC(=O)OC(C)(C)C)CCNC=O)O1. The summed E-state index contributed by atoms with van der Waals surface area (Å²) in [6.45, 7) is 11.5. The number of ether oxygens (including phenoxy) is 2. The van der Waals surface area contributed by atoms with Gasteiger partial charge in [0.2, 0.25) is 6.41 Å². The van der Waals surface area contributed by atoms with Gasteiger partial charge in [-0.3, -0.25) is 9.69 Å². The first kappa shape index (κ1) is 21.7. The smallest absolute Gasteiger partial charge is 0.407 e. The number of amides is 2. The van der Waals surface area contributed by atoms with Gasteiger partial charge in [0.05, 0.1) is 12.2 Å². The molecule has 2 N–H and O–H groups in total. The van der Waals surface area contributed by atoms with Crippen molar-refractivity contribution in [1.82, 2.24) is 15.5 Å². The normalized spacial score (nSPS) is 20.5. The predicted molar refractivity (Wildman–Crippen MR) is 97.5 cm³/mol. The maximum Gasteiger partial charge on any atom is 0.407 e. The van der Waals surface area contributed by atoms with E-state index in [1.54, 1.807) is 0 Å². The molecule has 7 heteroatoms. The molecule has 2 amide bonds. The predicted octanol–water partition coefficient (Wildman–Crippen LogP) is 1.91. The average molecular weight is 357 g/mol. The van der Waals surface area contributed by atoms with Gasteiger partial charge in [0, 0.05) is 26.2 Å². The van der Waals surface area contributed by atoms with E-state index in [2.05, 4.69) is 22.5 Å². The highest BCUT2D eigenvalue weighted by molar-refractivity contribution is 5.67. The summed E-state index contributed by atoms with van der Waals surface area (Å²) in [5, 5.41) is 5.50. The highest BCUT2D eigenvalue weighted by atomic mass is 16.6. The number of nitrogens with one attached hydrogen (secondary N) is 2. The average Bonchev–Trinajstić information content (AvgIpc) is 2.90. The van der Waals surface area contributed by atoms with Crippen LogP contribution >= 0.6 is 0 Å². The molecule has 0 aromatic heterocycles. The molecule has 1 aliphatic heterocycles. The largest absolute Gasteiger partial charge is 0.444 e. The summed E-state index contributed by atoms with van der Waals surface area (Å²) in [5.41, 5.74) is -0.467. The van der Waals surface area contributed by atoms with E-state index in [4.69, 9.17) is 9.47 Å². The Balaban J connectivity index is 2.22. The van der Waals surface area contributed by atoms with Crippen LogP contribution in [0.4, 0.5) is 4.79 Å². The Kier molecular flexibility index (Phi) is 9.82. The summed E-state index contributed by atoms with van der Waals surface area (Å²) in [7, 11) is 0. The summed E-state index contributed by atoms with van der Waals surface area (Å²) in [5.74, 6) is 0. The molecule has 0 saturated carbocycles. The highest BCUT2D eigenvalue weighted by Crippen LogP contribution is 2.19. The minimum Gasteiger partial charge on any atom is -0.444 e. The molecule has 0 spiro atoms. The Morgan fingerprint density at radius 3 is 2.60 bits per heavy atom. The van der Waals surface area contributed by atoms with Gasteiger partial charge in [-0.2, -0.15) is 0 Å². The van der Waals surface area contributed by atoms with Crippen LogP contribution in [0.2, 0.25) is 0 Å². The molecule has 1 saturated heterocycles. The van der Waals surface area contributed by atoms with E-state index in [1.807, 2.05) is 20.8 Å². The van der Waals surface area contributed by atoms with Crippen molar-refractivity contribution in [3.05, 3.63) is 0 Å². The van der Waals surface area contributed by atoms with E-state index in [0.717, 1.165) is 51.7 Å². The molecule has 0 aromatic rings. The summed E-state index contributed by atoms with van der Waals surface area (Å²) in [4.78, 5) is 24.3. The van der Waals surface area contributed by atoms with Crippen LogP contribution in [0, 0.1) is 0 Å². The molecule has 25 heavy (non-hydrogen) atoms. The zero-order chi connectivity index (χ0) is 18.7. The van der Waals surface area contributed by atoms with Crippen LogP contribution in [0.1, 0.15) is 53.4 Å². The highest BCUT2D eigenvalue weighted by Gasteiger charge is 2.23.